The molecule has 0 aliphatic heterocycles. The summed E-state index contributed by atoms with van der Waals surface area (Å²) in [5, 5.41) is 23.8. The number of carboxylic acids is 2. The summed E-state index contributed by atoms with van der Waals surface area (Å²) in [6.07, 6.45) is 1.85. The number of nitrogens with zero attached hydrogens (tertiary/aromatic N) is 1. The van der Waals surface area contributed by atoms with E-state index in [-0.39, 0.29) is 56.7 Å². The van der Waals surface area contributed by atoms with Crippen LogP contribution in [-0.2, 0) is 48.8 Å². The minimum absolute atomic E-state index is 0. The van der Waals surface area contributed by atoms with Gasteiger partial charge in [-0.3, -0.25) is 9.59 Å². The normalized spacial score (nSPS) is 11.2. The van der Waals surface area contributed by atoms with Gasteiger partial charge in [-0.2, -0.15) is 0 Å². The number of aliphatic carboxylic acids is 2. The van der Waals surface area contributed by atoms with E-state index in [4.69, 9.17) is 10.2 Å². The van der Waals surface area contributed by atoms with E-state index in [9.17, 15) is 19.2 Å². The second kappa shape index (κ2) is 11.5. The molecule has 0 spiro atoms. The van der Waals surface area contributed by atoms with E-state index >= 15 is 0 Å². The summed E-state index contributed by atoms with van der Waals surface area (Å²) in [6, 6.07) is 10.4. The van der Waals surface area contributed by atoms with E-state index in [0.29, 0.717) is 17.4 Å². The first-order valence-electron chi connectivity index (χ1n) is 9.32. The number of benzene rings is 2. The molecular formula is C21H19N4O6Y-. The Morgan fingerprint density at radius 3 is 2.47 bits per heavy atom. The summed E-state index contributed by atoms with van der Waals surface area (Å²) < 4.78 is 0. The van der Waals surface area contributed by atoms with Crippen molar-refractivity contribution >= 4 is 34.4 Å². The van der Waals surface area contributed by atoms with Crippen molar-refractivity contribution in [1.82, 2.24) is 15.3 Å². The molecule has 1 heterocycles. The first-order valence-corrected chi connectivity index (χ1v) is 9.32. The average Bonchev–Trinajstić information content (AvgIpc) is 2.75. The monoisotopic (exact) mass is 512 g/mol. The van der Waals surface area contributed by atoms with Crippen molar-refractivity contribution in [2.45, 2.75) is 25.4 Å². The minimum Gasteiger partial charge on any atom is -0.481 e. The fraction of sp³-hybridized carbons (Fsp3) is 0.190. The molecule has 32 heavy (non-hydrogen) atoms. The van der Waals surface area contributed by atoms with Crippen molar-refractivity contribution in [2.24, 2.45) is 0 Å². The number of nitrogens with one attached hydrogen (secondary N) is 3. The molecule has 11 heteroatoms. The van der Waals surface area contributed by atoms with Crippen LogP contribution >= 0.6 is 0 Å². The molecule has 0 aliphatic carbocycles. The van der Waals surface area contributed by atoms with E-state index in [0.717, 1.165) is 11.3 Å². The molecule has 3 rings (SSSR count). The van der Waals surface area contributed by atoms with Gasteiger partial charge in [0.15, 0.2) is 0 Å². The third-order valence-electron chi connectivity index (χ3n) is 4.55. The summed E-state index contributed by atoms with van der Waals surface area (Å²) in [4.78, 5) is 52.3. The van der Waals surface area contributed by atoms with Crippen LogP contribution in [0, 0.1) is 6.33 Å². The number of H-pyrrole nitrogens is 1. The molecule has 1 amide bonds. The standard InChI is InChI=1S/C21H19N4O6.Y/c26-18(27)8-7-17(21(30)31)25-19(28)13-3-1-12(2-4-13)10-22-14-5-6-16-15(9-14)20(29)24-11-23-16;/h1-6,9,17,22H,7-8,10H2,(H,25,28)(H,26,27)(H,30,31)(H,23,24,29);/q-1;. The van der Waals surface area contributed by atoms with E-state index in [2.05, 4.69) is 26.9 Å². The van der Waals surface area contributed by atoms with Crippen LogP contribution in [0.3, 0.4) is 0 Å². The zero-order chi connectivity index (χ0) is 22.4. The summed E-state index contributed by atoms with van der Waals surface area (Å²) >= 11 is 0. The van der Waals surface area contributed by atoms with Crippen molar-refractivity contribution in [3.05, 3.63) is 70.3 Å². The van der Waals surface area contributed by atoms with Gasteiger partial charge in [0.25, 0.3) is 5.91 Å². The van der Waals surface area contributed by atoms with Gasteiger partial charge in [0, 0.05) is 63.3 Å². The number of carbonyl (C=O) groups is 3. The summed E-state index contributed by atoms with van der Waals surface area (Å²) in [7, 11) is 0. The molecule has 2 aromatic carbocycles. The predicted octanol–water partition coefficient (Wildman–Crippen LogP) is 1.38. The molecule has 1 unspecified atom stereocenters. The van der Waals surface area contributed by atoms with Crippen LogP contribution in [0.4, 0.5) is 5.69 Å². The Balaban J connectivity index is 0.00000363. The maximum absolute atomic E-state index is 12.3. The maximum Gasteiger partial charge on any atom is 0.326 e. The topological polar surface area (TPSA) is 161 Å². The zero-order valence-corrected chi connectivity index (χ0v) is 19.6. The van der Waals surface area contributed by atoms with Gasteiger partial charge in [-0.1, -0.05) is 18.2 Å². The van der Waals surface area contributed by atoms with Crippen LogP contribution < -0.4 is 16.2 Å². The van der Waals surface area contributed by atoms with Crippen molar-refractivity contribution in [1.29, 1.82) is 0 Å². The maximum atomic E-state index is 12.3. The second-order valence-electron chi connectivity index (χ2n) is 6.76. The van der Waals surface area contributed by atoms with Gasteiger partial charge in [-0.05, 0) is 47.2 Å². The van der Waals surface area contributed by atoms with Crippen LogP contribution in [0.1, 0.15) is 28.8 Å². The molecule has 10 nitrogen and oxygen atoms in total. The van der Waals surface area contributed by atoms with Crippen molar-refractivity contribution in [3.8, 4) is 0 Å². The van der Waals surface area contributed by atoms with Crippen LogP contribution in [0.25, 0.3) is 10.9 Å². The summed E-state index contributed by atoms with van der Waals surface area (Å²) in [5.74, 6) is -3.03. The molecule has 0 aliphatic rings. The molecule has 3 aromatic rings. The van der Waals surface area contributed by atoms with Gasteiger partial charge < -0.3 is 35.6 Å². The van der Waals surface area contributed by atoms with Gasteiger partial charge in [0.2, 0.25) is 0 Å². The van der Waals surface area contributed by atoms with Crippen LogP contribution in [0.2, 0.25) is 0 Å². The molecule has 1 atom stereocenters. The fourth-order valence-electron chi connectivity index (χ4n) is 2.88. The number of carbonyl (C=O) groups excluding carboxylic acids is 1. The fourth-order valence-corrected chi connectivity index (χ4v) is 2.88. The Morgan fingerprint density at radius 2 is 1.81 bits per heavy atom. The van der Waals surface area contributed by atoms with Crippen molar-refractivity contribution < 1.29 is 57.3 Å². The summed E-state index contributed by atoms with van der Waals surface area (Å²) in [6.45, 7) is 0.425. The number of rotatable bonds is 9. The number of aromatic amines is 1. The van der Waals surface area contributed by atoms with Gasteiger partial charge >= 0.3 is 11.9 Å². The van der Waals surface area contributed by atoms with E-state index in [1.165, 1.54) is 0 Å². The number of anilines is 1. The van der Waals surface area contributed by atoms with E-state index < -0.39 is 23.9 Å². The molecular weight excluding hydrogens is 493 g/mol. The Kier molecular flexibility index (Phi) is 9.04. The number of amides is 1. The molecule has 5 N–H and O–H groups in total. The minimum atomic E-state index is -1.29. The average molecular weight is 512 g/mol. The Labute approximate surface area is 207 Å². The molecule has 0 saturated heterocycles. The molecule has 0 bridgehead atoms. The third-order valence-corrected chi connectivity index (χ3v) is 4.55. The molecule has 0 saturated carbocycles. The van der Waals surface area contributed by atoms with Gasteiger partial charge in [0.1, 0.15) is 11.6 Å². The first-order chi connectivity index (χ1) is 14.8. The number of hydrogen-bond acceptors (Lipinski definition) is 6. The molecule has 1 aromatic heterocycles. The van der Waals surface area contributed by atoms with Gasteiger partial charge in [-0.15, -0.1) is 0 Å². The number of fused-ring (bicyclic) bond motifs is 1. The quantitative estimate of drug-likeness (QED) is 0.269. The van der Waals surface area contributed by atoms with E-state index in [1.807, 2.05) is 0 Å². The smallest absolute Gasteiger partial charge is 0.326 e. The van der Waals surface area contributed by atoms with Crippen LogP contribution in [0.5, 0.6) is 0 Å². The van der Waals surface area contributed by atoms with Crippen molar-refractivity contribution in [2.75, 3.05) is 5.32 Å². The summed E-state index contributed by atoms with van der Waals surface area (Å²) in [5.41, 5.74) is 2.07. The Morgan fingerprint density at radius 1 is 1.09 bits per heavy atom. The Bertz CT molecular complexity index is 1180. The SMILES string of the molecule is O=C(O)CCC(NC(=O)c1ccc(CNc2ccc3n[c-][nH]c(=O)c3c2)cc1)C(=O)O.[Y]. The predicted molar refractivity (Wildman–Crippen MR) is 111 cm³/mol. The van der Waals surface area contributed by atoms with Gasteiger partial charge in [0.05, 0.1) is 0 Å². The third kappa shape index (κ3) is 6.70. The molecule has 163 valence electrons. The van der Waals surface area contributed by atoms with Gasteiger partial charge in [-0.25, -0.2) is 4.79 Å². The largest absolute Gasteiger partial charge is 0.481 e. The number of hydrogen-bond donors (Lipinski definition) is 5. The number of aromatic nitrogens is 2. The first kappa shape index (κ1) is 25.2. The van der Waals surface area contributed by atoms with E-state index in [1.54, 1.807) is 42.5 Å². The molecule has 1 radical (unpaired) electrons. The van der Waals surface area contributed by atoms with Crippen molar-refractivity contribution in [3.63, 3.8) is 0 Å². The zero-order valence-electron chi connectivity index (χ0n) is 16.8. The van der Waals surface area contributed by atoms with Crippen LogP contribution in [-0.4, -0.2) is 44.1 Å². The Hall–Kier alpha value is -3.11. The molecule has 0 fully saturated rings. The second-order valence-corrected chi connectivity index (χ2v) is 6.76. The van der Waals surface area contributed by atoms with Crippen LogP contribution in [0.15, 0.2) is 47.3 Å². The number of carboxylic acid groups (broad SMARTS) is 2.